The minimum atomic E-state index is -0.193. The molecule has 0 saturated carbocycles. The lowest BCUT2D eigenvalue weighted by Crippen LogP contribution is -2.14. The molecule has 1 amide bonds. The highest BCUT2D eigenvalue weighted by Crippen LogP contribution is 2.20. The molecule has 3 rings (SSSR count). The van der Waals surface area contributed by atoms with Crippen LogP contribution in [0.3, 0.4) is 0 Å². The average molecular weight is 318 g/mol. The first-order valence-corrected chi connectivity index (χ1v) is 6.87. The molecule has 7 nitrogen and oxygen atoms in total. The fraction of sp³-hybridized carbons (Fsp3) is 0.143. The van der Waals surface area contributed by atoms with E-state index in [-0.39, 0.29) is 17.5 Å². The number of aryl methyl sites for hydroxylation is 1. The Bertz CT molecular complexity index is 761. The molecular weight excluding hydrogens is 306 g/mol. The maximum absolute atomic E-state index is 12.0. The van der Waals surface area contributed by atoms with Gasteiger partial charge < -0.3 is 9.84 Å². The first-order valence-electron chi connectivity index (χ1n) is 6.49. The van der Waals surface area contributed by atoms with Crippen molar-refractivity contribution in [2.45, 2.75) is 13.3 Å². The molecule has 3 aromatic rings. The molecule has 1 N–H and O–H groups in total. The molecule has 8 heteroatoms. The third-order valence-corrected chi connectivity index (χ3v) is 3.41. The van der Waals surface area contributed by atoms with E-state index >= 15 is 0 Å². The minimum absolute atomic E-state index is 0.110. The highest BCUT2D eigenvalue weighted by molar-refractivity contribution is 6.29. The van der Waals surface area contributed by atoms with Gasteiger partial charge in [0.15, 0.2) is 0 Å². The summed E-state index contributed by atoms with van der Waals surface area (Å²) in [5.74, 6) is -0.193. The second-order valence-electron chi connectivity index (χ2n) is 4.63. The van der Waals surface area contributed by atoms with Gasteiger partial charge in [-0.25, -0.2) is 9.67 Å². The lowest BCUT2D eigenvalue weighted by Gasteiger charge is -2.06. The normalized spacial score (nSPS) is 10.6. The molecule has 2 heterocycles. The van der Waals surface area contributed by atoms with E-state index in [9.17, 15) is 4.79 Å². The molecule has 0 aliphatic carbocycles. The van der Waals surface area contributed by atoms with Crippen LogP contribution in [-0.2, 0) is 11.2 Å². The van der Waals surface area contributed by atoms with E-state index in [0.29, 0.717) is 16.9 Å². The van der Waals surface area contributed by atoms with E-state index in [1.54, 1.807) is 30.1 Å². The van der Waals surface area contributed by atoms with Crippen LogP contribution in [0.4, 0.5) is 5.69 Å². The number of hydrogen-bond acceptors (Lipinski definition) is 5. The number of aromatic nitrogens is 4. The zero-order chi connectivity index (χ0) is 15.5. The topological polar surface area (TPSA) is 85.8 Å². The highest BCUT2D eigenvalue weighted by Gasteiger charge is 2.15. The minimum Gasteiger partial charge on any atom is -0.344 e. The van der Waals surface area contributed by atoms with Gasteiger partial charge in [0.2, 0.25) is 11.1 Å². The monoisotopic (exact) mass is 317 g/mol. The number of anilines is 1. The van der Waals surface area contributed by atoms with Gasteiger partial charge >= 0.3 is 0 Å². The van der Waals surface area contributed by atoms with Crippen LogP contribution in [0.2, 0.25) is 5.22 Å². The predicted octanol–water partition coefficient (Wildman–Crippen LogP) is 2.40. The van der Waals surface area contributed by atoms with Crippen molar-refractivity contribution in [1.29, 1.82) is 0 Å². The molecule has 0 saturated heterocycles. The van der Waals surface area contributed by atoms with Crippen LogP contribution in [0.5, 0.6) is 0 Å². The van der Waals surface area contributed by atoms with Gasteiger partial charge in [-0.3, -0.25) is 4.79 Å². The number of carbonyl (C=O) groups is 1. The fourth-order valence-corrected chi connectivity index (χ4v) is 2.20. The van der Waals surface area contributed by atoms with Crippen molar-refractivity contribution in [3.8, 4) is 5.69 Å². The van der Waals surface area contributed by atoms with Crippen molar-refractivity contribution < 1.29 is 9.32 Å². The van der Waals surface area contributed by atoms with Crippen LogP contribution in [0.25, 0.3) is 5.69 Å². The molecular formula is C14H12ClN5O2. The Morgan fingerprint density at radius 3 is 2.73 bits per heavy atom. The van der Waals surface area contributed by atoms with E-state index in [4.69, 9.17) is 16.1 Å². The van der Waals surface area contributed by atoms with Crippen molar-refractivity contribution in [3.63, 3.8) is 0 Å². The molecule has 0 radical (unpaired) electrons. The van der Waals surface area contributed by atoms with Crippen LogP contribution < -0.4 is 5.32 Å². The number of halogens is 1. The summed E-state index contributed by atoms with van der Waals surface area (Å²) >= 11 is 5.85. The summed E-state index contributed by atoms with van der Waals surface area (Å²) in [7, 11) is 0. The first-order chi connectivity index (χ1) is 10.6. The number of nitrogens with one attached hydrogen (secondary N) is 1. The third-order valence-electron chi connectivity index (χ3n) is 3.11. The largest absolute Gasteiger partial charge is 0.344 e. The number of benzene rings is 1. The van der Waals surface area contributed by atoms with Crippen molar-refractivity contribution >= 4 is 23.2 Å². The van der Waals surface area contributed by atoms with Crippen LogP contribution in [-0.4, -0.2) is 25.8 Å². The van der Waals surface area contributed by atoms with Gasteiger partial charge in [0, 0.05) is 11.3 Å². The summed E-state index contributed by atoms with van der Waals surface area (Å²) in [6.07, 6.45) is 3.17. The van der Waals surface area contributed by atoms with Crippen LogP contribution in [0.15, 0.2) is 41.4 Å². The van der Waals surface area contributed by atoms with E-state index in [2.05, 4.69) is 20.6 Å². The first kappa shape index (κ1) is 14.3. The standard InChI is InChI=1S/C14H12ClN5O2/c1-9-12(14(15)22-19-9)6-13(21)18-10-2-4-11(5-3-10)20-8-16-7-17-20/h2-5,7-8H,6H2,1H3,(H,18,21). The van der Waals surface area contributed by atoms with Gasteiger partial charge in [-0.05, 0) is 42.8 Å². The predicted molar refractivity (Wildman–Crippen MR) is 79.9 cm³/mol. The molecule has 2 aromatic heterocycles. The van der Waals surface area contributed by atoms with Crippen LogP contribution in [0, 0.1) is 6.92 Å². The van der Waals surface area contributed by atoms with Crippen molar-refractivity contribution in [2.24, 2.45) is 0 Å². The summed E-state index contributed by atoms with van der Waals surface area (Å²) in [6.45, 7) is 1.74. The Labute approximate surface area is 130 Å². The van der Waals surface area contributed by atoms with E-state index in [1.165, 1.54) is 6.33 Å². The zero-order valence-corrected chi connectivity index (χ0v) is 12.4. The number of hydrogen-bond donors (Lipinski definition) is 1. The molecule has 0 atom stereocenters. The number of carbonyl (C=O) groups excluding carboxylic acids is 1. The van der Waals surface area contributed by atoms with Gasteiger partial charge in [-0.2, -0.15) is 5.10 Å². The van der Waals surface area contributed by atoms with Gasteiger partial charge in [-0.15, -0.1) is 0 Å². The Hall–Kier alpha value is -2.67. The molecule has 0 bridgehead atoms. The van der Waals surface area contributed by atoms with Crippen molar-refractivity contribution in [3.05, 3.63) is 53.4 Å². The zero-order valence-electron chi connectivity index (χ0n) is 11.7. The van der Waals surface area contributed by atoms with Crippen LogP contribution in [0.1, 0.15) is 11.3 Å². The van der Waals surface area contributed by atoms with Gasteiger partial charge in [0.05, 0.1) is 17.8 Å². The molecule has 0 aliphatic heterocycles. The highest BCUT2D eigenvalue weighted by atomic mass is 35.5. The smallest absolute Gasteiger partial charge is 0.229 e. The van der Waals surface area contributed by atoms with E-state index in [1.807, 2.05) is 12.1 Å². The fourth-order valence-electron chi connectivity index (χ4n) is 1.96. The summed E-state index contributed by atoms with van der Waals surface area (Å²) in [5.41, 5.74) is 2.74. The van der Waals surface area contributed by atoms with Gasteiger partial charge in [0.25, 0.3) is 0 Å². The van der Waals surface area contributed by atoms with Crippen molar-refractivity contribution in [1.82, 2.24) is 19.9 Å². The Balaban J connectivity index is 1.67. The Kier molecular flexibility index (Phi) is 3.88. The molecule has 112 valence electrons. The quantitative estimate of drug-likeness (QED) is 0.798. The van der Waals surface area contributed by atoms with Crippen molar-refractivity contribution in [2.75, 3.05) is 5.32 Å². The lowest BCUT2D eigenvalue weighted by molar-refractivity contribution is -0.115. The summed E-state index contributed by atoms with van der Waals surface area (Å²) < 4.78 is 6.45. The second-order valence-corrected chi connectivity index (χ2v) is 4.98. The molecule has 22 heavy (non-hydrogen) atoms. The van der Waals surface area contributed by atoms with Gasteiger partial charge in [-0.1, -0.05) is 5.16 Å². The molecule has 0 fully saturated rings. The maximum Gasteiger partial charge on any atom is 0.229 e. The summed E-state index contributed by atoms with van der Waals surface area (Å²) in [4.78, 5) is 15.9. The third kappa shape index (κ3) is 2.99. The second kappa shape index (κ2) is 5.98. The lowest BCUT2D eigenvalue weighted by atomic mass is 10.2. The number of rotatable bonds is 4. The maximum atomic E-state index is 12.0. The van der Waals surface area contributed by atoms with Gasteiger partial charge in [0.1, 0.15) is 12.7 Å². The molecule has 0 unspecified atom stereocenters. The van der Waals surface area contributed by atoms with E-state index in [0.717, 1.165) is 5.69 Å². The summed E-state index contributed by atoms with van der Waals surface area (Å²) in [6, 6.07) is 7.25. The van der Waals surface area contributed by atoms with Crippen LogP contribution >= 0.6 is 11.6 Å². The average Bonchev–Trinajstić information content (AvgIpc) is 3.14. The SMILES string of the molecule is Cc1noc(Cl)c1CC(=O)Nc1ccc(-n2cncn2)cc1. The molecule has 0 aliphatic rings. The number of nitrogens with zero attached hydrogens (tertiary/aromatic N) is 4. The van der Waals surface area contributed by atoms with E-state index < -0.39 is 0 Å². The Morgan fingerprint density at radius 1 is 1.36 bits per heavy atom. The molecule has 0 spiro atoms. The summed E-state index contributed by atoms with van der Waals surface area (Å²) in [5, 5.41) is 10.7. The Morgan fingerprint density at radius 2 is 2.14 bits per heavy atom. The molecule has 1 aromatic carbocycles. The number of amides is 1.